The van der Waals surface area contributed by atoms with Crippen LogP contribution in [0.4, 0.5) is 8.78 Å². The summed E-state index contributed by atoms with van der Waals surface area (Å²) in [4.78, 5) is 51.7. The molecule has 4 N–H and O–H groups in total. The van der Waals surface area contributed by atoms with Crippen molar-refractivity contribution in [2.45, 2.75) is 71.5 Å². The number of halogens is 2. The molecule has 0 aromatic carbocycles. The molecular weight excluding hydrogens is 450 g/mol. The number of aliphatic hydroxyl groups excluding tert-OH is 1. The zero-order chi connectivity index (χ0) is 25.4. The maximum absolute atomic E-state index is 13.4. The Balaban J connectivity index is 1.75. The van der Waals surface area contributed by atoms with Crippen LogP contribution >= 0.6 is 0 Å². The minimum atomic E-state index is -3.24. The number of likely N-dealkylation sites (tertiary alicyclic amines) is 1. The van der Waals surface area contributed by atoms with Crippen molar-refractivity contribution in [3.8, 4) is 0 Å². The summed E-state index contributed by atoms with van der Waals surface area (Å²) in [7, 11) is 0. The van der Waals surface area contributed by atoms with Gasteiger partial charge in [-0.05, 0) is 42.4 Å². The third-order valence-corrected chi connectivity index (χ3v) is 7.58. The van der Waals surface area contributed by atoms with E-state index in [2.05, 4.69) is 16.0 Å². The Kier molecular flexibility index (Phi) is 7.84. The summed E-state index contributed by atoms with van der Waals surface area (Å²) in [6.45, 7) is 8.15. The van der Waals surface area contributed by atoms with Gasteiger partial charge in [-0.1, -0.05) is 27.7 Å². The molecule has 0 radical (unpaired) electrons. The molecule has 0 unspecified atom stereocenters. The van der Waals surface area contributed by atoms with Crippen molar-refractivity contribution in [1.29, 1.82) is 0 Å². The number of aliphatic hydroxyl groups is 1. The number of nitrogens with one attached hydrogen (secondary N) is 3. The highest BCUT2D eigenvalue weighted by molar-refractivity contribution is 5.94. The zero-order valence-electron chi connectivity index (χ0n) is 20.1. The number of carbonyl (C=O) groups excluding carboxylic acids is 4. The first-order valence-corrected chi connectivity index (χ1v) is 12.0. The fraction of sp³-hybridized carbons (Fsp3) is 0.826. The number of fused-ring (bicyclic) bond motifs is 1. The molecule has 2 aliphatic heterocycles. The monoisotopic (exact) mass is 486 g/mol. The highest BCUT2D eigenvalue weighted by atomic mass is 19.3. The summed E-state index contributed by atoms with van der Waals surface area (Å²) < 4.78 is 25.7. The second-order valence-corrected chi connectivity index (χ2v) is 10.8. The SMILES string of the molecule is CC(C)C[C@H](NC(=O)C(F)F)C(=O)N1C[C@H]2[C@@H]([C@H]1C(=O)N[C@H](CO)C[C@@H]1CCNC1=O)C2(C)C. The number of amides is 4. The predicted octanol–water partition coefficient (Wildman–Crippen LogP) is 0.269. The van der Waals surface area contributed by atoms with Crippen molar-refractivity contribution in [3.05, 3.63) is 0 Å². The zero-order valence-corrected chi connectivity index (χ0v) is 20.1. The Morgan fingerprint density at radius 3 is 2.44 bits per heavy atom. The Bertz CT molecular complexity index is 821. The Morgan fingerprint density at radius 2 is 1.91 bits per heavy atom. The van der Waals surface area contributed by atoms with Crippen molar-refractivity contribution in [2.75, 3.05) is 19.7 Å². The fourth-order valence-electron chi connectivity index (χ4n) is 5.62. The first-order chi connectivity index (χ1) is 15.9. The lowest BCUT2D eigenvalue weighted by Gasteiger charge is -2.34. The number of alkyl halides is 2. The van der Waals surface area contributed by atoms with Crippen molar-refractivity contribution in [3.63, 3.8) is 0 Å². The molecule has 1 aliphatic carbocycles. The molecule has 192 valence electrons. The first-order valence-electron chi connectivity index (χ1n) is 12.0. The van der Waals surface area contributed by atoms with Gasteiger partial charge in [-0.3, -0.25) is 19.2 Å². The molecular formula is C23H36F2N4O5. The molecule has 3 aliphatic rings. The molecule has 6 atom stereocenters. The van der Waals surface area contributed by atoms with E-state index in [9.17, 15) is 33.1 Å². The fourth-order valence-corrected chi connectivity index (χ4v) is 5.62. The minimum Gasteiger partial charge on any atom is -0.394 e. The van der Waals surface area contributed by atoms with E-state index < -0.39 is 42.3 Å². The van der Waals surface area contributed by atoms with Gasteiger partial charge in [-0.15, -0.1) is 0 Å². The average molecular weight is 487 g/mol. The molecule has 9 nitrogen and oxygen atoms in total. The van der Waals surface area contributed by atoms with Crippen LogP contribution in [0.1, 0.15) is 47.0 Å². The van der Waals surface area contributed by atoms with Crippen LogP contribution < -0.4 is 16.0 Å². The van der Waals surface area contributed by atoms with Gasteiger partial charge >= 0.3 is 6.43 Å². The lowest BCUT2D eigenvalue weighted by molar-refractivity contribution is -0.145. The van der Waals surface area contributed by atoms with E-state index >= 15 is 0 Å². The van der Waals surface area contributed by atoms with E-state index in [-0.39, 0.29) is 54.4 Å². The Labute approximate surface area is 198 Å². The van der Waals surface area contributed by atoms with Gasteiger partial charge in [0.25, 0.3) is 5.91 Å². The van der Waals surface area contributed by atoms with Crippen LogP contribution in [0.25, 0.3) is 0 Å². The first kappa shape index (κ1) is 26.3. The average Bonchev–Trinajstić information content (AvgIpc) is 3.11. The molecule has 3 rings (SSSR count). The van der Waals surface area contributed by atoms with Crippen LogP contribution in [0.5, 0.6) is 0 Å². The molecule has 0 aromatic rings. The van der Waals surface area contributed by atoms with Crippen molar-refractivity contribution in [2.24, 2.45) is 29.1 Å². The second kappa shape index (κ2) is 10.1. The van der Waals surface area contributed by atoms with Gasteiger partial charge in [0, 0.05) is 19.0 Å². The largest absolute Gasteiger partial charge is 0.394 e. The van der Waals surface area contributed by atoms with Crippen molar-refractivity contribution >= 4 is 23.6 Å². The lowest BCUT2D eigenvalue weighted by Crippen LogP contribution is -2.57. The molecule has 3 fully saturated rings. The smallest absolute Gasteiger partial charge is 0.315 e. The topological polar surface area (TPSA) is 128 Å². The van der Waals surface area contributed by atoms with Crippen LogP contribution in [0, 0.1) is 29.1 Å². The molecule has 1 saturated carbocycles. The summed E-state index contributed by atoms with van der Waals surface area (Å²) in [6.07, 6.45) is -2.17. The highest BCUT2D eigenvalue weighted by Gasteiger charge is 2.69. The van der Waals surface area contributed by atoms with E-state index in [0.717, 1.165) is 0 Å². The number of piperidine rings is 1. The van der Waals surface area contributed by atoms with Crippen molar-refractivity contribution < 1.29 is 33.1 Å². The van der Waals surface area contributed by atoms with Crippen LogP contribution in [-0.2, 0) is 19.2 Å². The van der Waals surface area contributed by atoms with Gasteiger partial charge in [0.05, 0.1) is 12.6 Å². The Hall–Kier alpha value is -2.30. The highest BCUT2D eigenvalue weighted by Crippen LogP contribution is 2.64. The molecule has 0 spiro atoms. The number of hydrogen-bond acceptors (Lipinski definition) is 5. The summed E-state index contributed by atoms with van der Waals surface area (Å²) in [6, 6.07) is -2.64. The van der Waals surface area contributed by atoms with E-state index in [0.29, 0.717) is 19.5 Å². The third kappa shape index (κ3) is 5.34. The van der Waals surface area contributed by atoms with Gasteiger partial charge in [0.15, 0.2) is 0 Å². The summed E-state index contributed by atoms with van der Waals surface area (Å²) >= 11 is 0. The summed E-state index contributed by atoms with van der Waals surface area (Å²) in [5, 5.41) is 17.5. The van der Waals surface area contributed by atoms with Gasteiger partial charge < -0.3 is 26.0 Å². The molecule has 4 amide bonds. The lowest BCUT2D eigenvalue weighted by atomic mass is 9.96. The van der Waals surface area contributed by atoms with E-state index in [1.807, 2.05) is 27.7 Å². The summed E-state index contributed by atoms with van der Waals surface area (Å²) in [5.41, 5.74) is -0.168. The normalized spacial score (nSPS) is 29.0. The van der Waals surface area contributed by atoms with Gasteiger partial charge in [-0.2, -0.15) is 8.78 Å². The maximum Gasteiger partial charge on any atom is 0.315 e. The number of hydrogen-bond donors (Lipinski definition) is 4. The number of nitrogens with zero attached hydrogens (tertiary/aromatic N) is 1. The van der Waals surface area contributed by atoms with Gasteiger partial charge in [-0.25, -0.2) is 0 Å². The van der Waals surface area contributed by atoms with Gasteiger partial charge in [0.2, 0.25) is 17.7 Å². The number of rotatable bonds is 10. The number of carbonyl (C=O) groups is 4. The molecule has 2 heterocycles. The van der Waals surface area contributed by atoms with Crippen molar-refractivity contribution in [1.82, 2.24) is 20.9 Å². The molecule has 0 bridgehead atoms. The van der Waals surface area contributed by atoms with E-state index in [1.165, 1.54) is 4.90 Å². The van der Waals surface area contributed by atoms with Crippen LogP contribution in [0.15, 0.2) is 0 Å². The van der Waals surface area contributed by atoms with Crippen LogP contribution in [0.3, 0.4) is 0 Å². The van der Waals surface area contributed by atoms with E-state index in [1.54, 1.807) is 0 Å². The standard InChI is InChI=1S/C23H36F2N4O5/c1-11(2)7-15(28-21(33)18(24)25)22(34)29-9-14-16(23(14,3)4)17(29)20(32)27-13(10-30)8-12-5-6-26-19(12)31/h11-18,30H,5-10H2,1-4H3,(H,26,31)(H,27,32)(H,28,33)/t12-,13-,14-,15-,16-,17-/m0/s1. The maximum atomic E-state index is 13.4. The predicted molar refractivity (Wildman–Crippen MR) is 118 cm³/mol. The molecule has 2 saturated heterocycles. The summed E-state index contributed by atoms with van der Waals surface area (Å²) in [5.74, 6) is -3.01. The van der Waals surface area contributed by atoms with Crippen LogP contribution in [-0.4, -0.2) is 77.9 Å². The molecule has 11 heteroatoms. The van der Waals surface area contributed by atoms with Crippen LogP contribution in [0.2, 0.25) is 0 Å². The second-order valence-electron chi connectivity index (χ2n) is 10.8. The third-order valence-electron chi connectivity index (χ3n) is 7.58. The minimum absolute atomic E-state index is 0.0518. The Morgan fingerprint density at radius 1 is 1.24 bits per heavy atom. The van der Waals surface area contributed by atoms with E-state index in [4.69, 9.17) is 0 Å². The van der Waals surface area contributed by atoms with Gasteiger partial charge in [0.1, 0.15) is 12.1 Å². The quantitative estimate of drug-likeness (QED) is 0.353. The molecule has 0 aromatic heterocycles. The molecule has 34 heavy (non-hydrogen) atoms.